The van der Waals surface area contributed by atoms with E-state index in [1.165, 1.54) is 0 Å². The number of hydrogen-bond acceptors (Lipinski definition) is 4. The van der Waals surface area contributed by atoms with E-state index in [1.54, 1.807) is 7.11 Å². The molecule has 19 heavy (non-hydrogen) atoms. The molecular weight excluding hydrogens is 240 g/mol. The predicted molar refractivity (Wildman–Crippen MR) is 73.9 cm³/mol. The Morgan fingerprint density at radius 1 is 1.26 bits per heavy atom. The van der Waals surface area contributed by atoms with Gasteiger partial charge in [-0.2, -0.15) is 5.10 Å². The monoisotopic (exact) mass is 256 g/mol. The van der Waals surface area contributed by atoms with Gasteiger partial charge in [0.15, 0.2) is 0 Å². The van der Waals surface area contributed by atoms with Crippen LogP contribution in [-0.2, 0) is 11.3 Å². The minimum absolute atomic E-state index is 0.232. The van der Waals surface area contributed by atoms with Gasteiger partial charge in [-0.1, -0.05) is 18.2 Å². The highest BCUT2D eigenvalue weighted by Gasteiger charge is 2.23. The van der Waals surface area contributed by atoms with E-state index in [0.29, 0.717) is 12.5 Å². The predicted octanol–water partition coefficient (Wildman–Crippen LogP) is 2.24. The molecule has 0 radical (unpaired) electrons. The summed E-state index contributed by atoms with van der Waals surface area (Å²) in [6.07, 6.45) is 8.10. The van der Waals surface area contributed by atoms with Crippen LogP contribution in [0.3, 0.4) is 0 Å². The average molecular weight is 256 g/mol. The van der Waals surface area contributed by atoms with E-state index in [1.807, 2.05) is 36.6 Å². The van der Waals surface area contributed by atoms with Crippen LogP contribution >= 0.6 is 0 Å². The third kappa shape index (κ3) is 2.62. The van der Waals surface area contributed by atoms with E-state index < -0.39 is 0 Å². The van der Waals surface area contributed by atoms with Crippen molar-refractivity contribution in [2.45, 2.75) is 12.6 Å². The summed E-state index contributed by atoms with van der Waals surface area (Å²) in [5.41, 5.74) is 4.17. The molecule has 1 aliphatic carbocycles. The van der Waals surface area contributed by atoms with Gasteiger partial charge in [0.05, 0.1) is 13.2 Å². The molecule has 0 spiro atoms. The summed E-state index contributed by atoms with van der Waals surface area (Å²) in [5, 5.41) is 4.06. The number of nitrogens with zero attached hydrogens (tertiary/aromatic N) is 1. The van der Waals surface area contributed by atoms with Crippen molar-refractivity contribution < 1.29 is 9.47 Å². The molecule has 4 nitrogen and oxygen atoms in total. The Bertz CT molecular complexity index is 532. The highest BCUT2D eigenvalue weighted by molar-refractivity contribution is 5.68. The fraction of sp³-hybridized carbons (Fsp3) is 0.267. The minimum atomic E-state index is 0.232. The highest BCUT2D eigenvalue weighted by atomic mass is 16.5. The van der Waals surface area contributed by atoms with Gasteiger partial charge in [0.25, 0.3) is 0 Å². The fourth-order valence-corrected chi connectivity index (χ4v) is 2.13. The van der Waals surface area contributed by atoms with Crippen LogP contribution in [0.5, 0.6) is 5.75 Å². The van der Waals surface area contributed by atoms with E-state index >= 15 is 0 Å². The molecule has 0 amide bonds. The van der Waals surface area contributed by atoms with Crippen LogP contribution in [0.1, 0.15) is 5.56 Å². The number of rotatable bonds is 4. The summed E-state index contributed by atoms with van der Waals surface area (Å²) in [6, 6.07) is 8.12. The summed E-state index contributed by atoms with van der Waals surface area (Å²) in [7, 11) is 1.66. The molecular formula is C15H16N2O2. The van der Waals surface area contributed by atoms with Gasteiger partial charge in [-0.15, -0.1) is 0 Å². The highest BCUT2D eigenvalue weighted by Crippen LogP contribution is 2.21. The number of nitrogens with one attached hydrogen (secondary N) is 1. The summed E-state index contributed by atoms with van der Waals surface area (Å²) in [4.78, 5) is 0. The Morgan fingerprint density at radius 2 is 2.11 bits per heavy atom. The number of fused-ring (bicyclic) bond motifs is 1. The number of hydrogen-bond donors (Lipinski definition) is 1. The van der Waals surface area contributed by atoms with E-state index in [2.05, 4.69) is 22.7 Å². The van der Waals surface area contributed by atoms with Crippen LogP contribution in [0.4, 0.5) is 0 Å². The minimum Gasteiger partial charge on any atom is -0.497 e. The molecule has 2 unspecified atom stereocenters. The molecule has 0 saturated carbocycles. The first-order valence-electron chi connectivity index (χ1n) is 6.29. The first kappa shape index (κ1) is 11.8. The van der Waals surface area contributed by atoms with Gasteiger partial charge in [-0.05, 0) is 29.8 Å². The zero-order chi connectivity index (χ0) is 13.1. The molecule has 98 valence electrons. The zero-order valence-electron chi connectivity index (χ0n) is 10.7. The lowest BCUT2D eigenvalue weighted by Crippen LogP contribution is -2.26. The van der Waals surface area contributed by atoms with Gasteiger partial charge in [-0.3, -0.25) is 0 Å². The normalized spacial score (nSPS) is 23.5. The molecule has 0 fully saturated rings. The number of hydrazone groups is 1. The van der Waals surface area contributed by atoms with E-state index in [9.17, 15) is 0 Å². The largest absolute Gasteiger partial charge is 0.497 e. The molecule has 1 aliphatic heterocycles. The van der Waals surface area contributed by atoms with E-state index in [0.717, 1.165) is 17.1 Å². The summed E-state index contributed by atoms with van der Waals surface area (Å²) >= 11 is 0. The Balaban J connectivity index is 1.59. The lowest BCUT2D eigenvalue weighted by atomic mass is 9.97. The second-order valence-electron chi connectivity index (χ2n) is 4.58. The van der Waals surface area contributed by atoms with Crippen molar-refractivity contribution in [1.29, 1.82) is 0 Å². The maximum atomic E-state index is 5.79. The van der Waals surface area contributed by atoms with Crippen molar-refractivity contribution in [3.8, 4) is 5.75 Å². The second kappa shape index (κ2) is 5.18. The quantitative estimate of drug-likeness (QED) is 0.898. The van der Waals surface area contributed by atoms with Gasteiger partial charge in [0.2, 0.25) is 0 Å². The van der Waals surface area contributed by atoms with Crippen LogP contribution < -0.4 is 10.2 Å². The van der Waals surface area contributed by atoms with Crippen molar-refractivity contribution in [3.63, 3.8) is 0 Å². The average Bonchev–Trinajstić information content (AvgIpc) is 2.93. The third-order valence-corrected chi connectivity index (χ3v) is 3.28. The SMILES string of the molecule is COc1ccc(COC2=CC3NN=CC3C=C2)cc1. The van der Waals surface area contributed by atoms with Gasteiger partial charge in [0, 0.05) is 12.1 Å². The Hall–Kier alpha value is -2.23. The van der Waals surface area contributed by atoms with Crippen molar-refractivity contribution in [2.75, 3.05) is 7.11 Å². The second-order valence-corrected chi connectivity index (χ2v) is 4.58. The molecule has 2 atom stereocenters. The van der Waals surface area contributed by atoms with Crippen molar-refractivity contribution in [3.05, 3.63) is 53.8 Å². The maximum absolute atomic E-state index is 5.79. The van der Waals surface area contributed by atoms with Crippen LogP contribution in [0, 0.1) is 5.92 Å². The first-order chi connectivity index (χ1) is 9.35. The maximum Gasteiger partial charge on any atom is 0.118 e. The Labute approximate surface area is 112 Å². The number of ether oxygens (including phenoxy) is 2. The van der Waals surface area contributed by atoms with Crippen LogP contribution in [0.2, 0.25) is 0 Å². The summed E-state index contributed by atoms with van der Waals surface area (Å²) in [5.74, 6) is 2.10. The first-order valence-corrected chi connectivity index (χ1v) is 6.29. The molecule has 0 bridgehead atoms. The van der Waals surface area contributed by atoms with Gasteiger partial charge < -0.3 is 14.9 Å². The van der Waals surface area contributed by atoms with E-state index in [4.69, 9.17) is 9.47 Å². The molecule has 4 heteroatoms. The lowest BCUT2D eigenvalue weighted by molar-refractivity contribution is 0.207. The Kier molecular flexibility index (Phi) is 3.23. The van der Waals surface area contributed by atoms with E-state index in [-0.39, 0.29) is 6.04 Å². The third-order valence-electron chi connectivity index (χ3n) is 3.28. The molecule has 0 aromatic heterocycles. The van der Waals surface area contributed by atoms with Gasteiger partial charge in [0.1, 0.15) is 18.1 Å². The number of benzene rings is 1. The molecule has 0 saturated heterocycles. The van der Waals surface area contributed by atoms with Gasteiger partial charge >= 0.3 is 0 Å². The number of methoxy groups -OCH3 is 1. The van der Waals surface area contributed by atoms with Gasteiger partial charge in [-0.25, -0.2) is 0 Å². The summed E-state index contributed by atoms with van der Waals surface area (Å²) < 4.78 is 10.9. The van der Waals surface area contributed by atoms with Crippen LogP contribution in [0.15, 0.2) is 53.4 Å². The fourth-order valence-electron chi connectivity index (χ4n) is 2.13. The molecule has 1 aromatic carbocycles. The van der Waals surface area contributed by atoms with Crippen LogP contribution in [-0.4, -0.2) is 19.4 Å². The molecule has 2 aliphatic rings. The lowest BCUT2D eigenvalue weighted by Gasteiger charge is -2.18. The van der Waals surface area contributed by atoms with Crippen molar-refractivity contribution in [2.24, 2.45) is 11.0 Å². The Morgan fingerprint density at radius 3 is 2.89 bits per heavy atom. The summed E-state index contributed by atoms with van der Waals surface area (Å²) in [6.45, 7) is 0.554. The molecule has 1 aromatic rings. The molecule has 1 heterocycles. The molecule has 1 N–H and O–H groups in total. The van der Waals surface area contributed by atoms with Crippen molar-refractivity contribution in [1.82, 2.24) is 5.43 Å². The topological polar surface area (TPSA) is 42.9 Å². The van der Waals surface area contributed by atoms with Crippen molar-refractivity contribution >= 4 is 6.21 Å². The number of allylic oxidation sites excluding steroid dienone is 1. The standard InChI is InChI=1S/C15H16N2O2/c1-18-13-5-2-11(3-6-13)10-19-14-7-4-12-9-16-17-15(12)8-14/h2-9,12,15,17H,10H2,1H3. The molecule has 3 rings (SSSR count). The van der Waals surface area contributed by atoms with Crippen LogP contribution in [0.25, 0.3) is 0 Å². The smallest absolute Gasteiger partial charge is 0.118 e. The zero-order valence-corrected chi connectivity index (χ0v) is 10.7.